The van der Waals surface area contributed by atoms with Crippen LogP contribution in [-0.4, -0.2) is 46.1 Å². The molecule has 0 radical (unpaired) electrons. The first-order chi connectivity index (χ1) is 12.5. The third-order valence-electron chi connectivity index (χ3n) is 5.26. The molecule has 3 rings (SSSR count). The van der Waals surface area contributed by atoms with Gasteiger partial charge in [0.2, 0.25) is 0 Å². The Morgan fingerprint density at radius 2 is 1.96 bits per heavy atom. The highest BCUT2D eigenvalue weighted by Crippen LogP contribution is 2.21. The van der Waals surface area contributed by atoms with Crippen LogP contribution in [0.3, 0.4) is 0 Å². The number of rotatable bonds is 4. The van der Waals surface area contributed by atoms with Crippen LogP contribution in [0.25, 0.3) is 0 Å². The number of piperidine rings is 1. The monoisotopic (exact) mass is 354 g/mol. The molecule has 1 fully saturated rings. The van der Waals surface area contributed by atoms with E-state index in [1.165, 1.54) is 0 Å². The van der Waals surface area contributed by atoms with Gasteiger partial charge in [-0.1, -0.05) is 12.1 Å². The summed E-state index contributed by atoms with van der Waals surface area (Å²) in [6.45, 7) is 6.14. The number of nitrogens with zero attached hydrogens (tertiary/aromatic N) is 3. The molecule has 1 aromatic carbocycles. The number of nitrogens with one attached hydrogen (secondary N) is 1. The molecule has 2 amide bonds. The van der Waals surface area contributed by atoms with E-state index in [-0.39, 0.29) is 11.8 Å². The third-order valence-corrected chi connectivity index (χ3v) is 5.26. The number of amides is 2. The van der Waals surface area contributed by atoms with Crippen molar-refractivity contribution in [1.82, 2.24) is 20.0 Å². The second-order valence-electron chi connectivity index (χ2n) is 7.10. The Labute approximate surface area is 154 Å². The number of hydrogen-bond donors (Lipinski definition) is 1. The van der Waals surface area contributed by atoms with Crippen LogP contribution >= 0.6 is 0 Å². The fraction of sp³-hybridized carbons (Fsp3) is 0.450. The number of aromatic nitrogens is 2. The zero-order chi connectivity index (χ0) is 18.7. The molecule has 1 saturated heterocycles. The molecule has 0 saturated carbocycles. The maximum Gasteiger partial charge on any atom is 0.254 e. The van der Waals surface area contributed by atoms with Crippen molar-refractivity contribution in [2.45, 2.75) is 26.7 Å². The Balaban J connectivity index is 1.50. The molecule has 6 heteroatoms. The lowest BCUT2D eigenvalue weighted by Crippen LogP contribution is -2.41. The zero-order valence-corrected chi connectivity index (χ0v) is 15.7. The highest BCUT2D eigenvalue weighted by molar-refractivity contribution is 5.96. The second kappa shape index (κ2) is 7.72. The van der Waals surface area contributed by atoms with Gasteiger partial charge < -0.3 is 10.2 Å². The lowest BCUT2D eigenvalue weighted by molar-refractivity contribution is 0.0683. The van der Waals surface area contributed by atoms with E-state index in [1.54, 1.807) is 24.1 Å². The van der Waals surface area contributed by atoms with E-state index in [0.29, 0.717) is 18.0 Å². The Kier molecular flexibility index (Phi) is 5.40. The van der Waals surface area contributed by atoms with Gasteiger partial charge in [0.1, 0.15) is 0 Å². The van der Waals surface area contributed by atoms with Gasteiger partial charge in [0, 0.05) is 38.4 Å². The lowest BCUT2D eigenvalue weighted by Gasteiger charge is -2.32. The van der Waals surface area contributed by atoms with E-state index >= 15 is 0 Å². The molecular formula is C20H26N4O2. The van der Waals surface area contributed by atoms with Crippen LogP contribution < -0.4 is 5.32 Å². The van der Waals surface area contributed by atoms with Gasteiger partial charge in [-0.15, -0.1) is 0 Å². The van der Waals surface area contributed by atoms with E-state index in [2.05, 4.69) is 10.4 Å². The minimum absolute atomic E-state index is 0.0907. The first-order valence-electron chi connectivity index (χ1n) is 9.08. The summed E-state index contributed by atoms with van der Waals surface area (Å²) in [5.74, 6) is 0.425. The molecule has 2 heterocycles. The van der Waals surface area contributed by atoms with Crippen molar-refractivity contribution in [1.29, 1.82) is 0 Å². The number of hydrogen-bond acceptors (Lipinski definition) is 3. The quantitative estimate of drug-likeness (QED) is 0.916. The van der Waals surface area contributed by atoms with Crippen LogP contribution in [0.5, 0.6) is 0 Å². The standard InChI is InChI=1S/C20H26N4O2/c1-14-5-4-6-18(15(14)2)20(26)24-9-7-16(8-10-24)11-21-19(25)17-12-22-23(3)13-17/h4-6,12-13,16H,7-11H2,1-3H3,(H,21,25). The van der Waals surface area contributed by atoms with Crippen molar-refractivity contribution in [3.05, 3.63) is 52.8 Å². The van der Waals surface area contributed by atoms with Gasteiger partial charge in [-0.05, 0) is 49.8 Å². The lowest BCUT2D eigenvalue weighted by atomic mass is 9.95. The molecule has 26 heavy (non-hydrogen) atoms. The van der Waals surface area contributed by atoms with Gasteiger partial charge in [-0.25, -0.2) is 0 Å². The number of benzene rings is 1. The number of aryl methyl sites for hydroxylation is 2. The summed E-state index contributed by atoms with van der Waals surface area (Å²) in [5, 5.41) is 6.99. The van der Waals surface area contributed by atoms with Crippen molar-refractivity contribution in [2.24, 2.45) is 13.0 Å². The topological polar surface area (TPSA) is 67.2 Å². The Morgan fingerprint density at radius 1 is 1.23 bits per heavy atom. The van der Waals surface area contributed by atoms with E-state index < -0.39 is 0 Å². The Morgan fingerprint density at radius 3 is 2.62 bits per heavy atom. The number of likely N-dealkylation sites (tertiary alicyclic amines) is 1. The van der Waals surface area contributed by atoms with E-state index in [4.69, 9.17) is 0 Å². The first kappa shape index (κ1) is 18.2. The predicted molar refractivity (Wildman–Crippen MR) is 100 cm³/mol. The van der Waals surface area contributed by atoms with E-state index in [0.717, 1.165) is 42.6 Å². The van der Waals surface area contributed by atoms with Crippen molar-refractivity contribution >= 4 is 11.8 Å². The molecule has 138 valence electrons. The molecule has 0 unspecified atom stereocenters. The minimum atomic E-state index is -0.0907. The normalized spacial score (nSPS) is 15.1. The summed E-state index contributed by atoms with van der Waals surface area (Å²) in [4.78, 5) is 26.8. The Bertz CT molecular complexity index is 804. The van der Waals surface area contributed by atoms with Crippen LogP contribution in [0, 0.1) is 19.8 Å². The van der Waals surface area contributed by atoms with Crippen LogP contribution in [0.15, 0.2) is 30.6 Å². The van der Waals surface area contributed by atoms with Gasteiger partial charge in [-0.2, -0.15) is 5.10 Å². The van der Waals surface area contributed by atoms with Crippen molar-refractivity contribution in [3.63, 3.8) is 0 Å². The predicted octanol–water partition coefficient (Wildman–Crippen LogP) is 2.32. The molecular weight excluding hydrogens is 328 g/mol. The average molecular weight is 354 g/mol. The van der Waals surface area contributed by atoms with Crippen molar-refractivity contribution in [2.75, 3.05) is 19.6 Å². The number of carbonyl (C=O) groups is 2. The zero-order valence-electron chi connectivity index (χ0n) is 15.7. The van der Waals surface area contributed by atoms with Crippen LogP contribution in [0.2, 0.25) is 0 Å². The summed E-state index contributed by atoms with van der Waals surface area (Å²) < 4.78 is 1.62. The second-order valence-corrected chi connectivity index (χ2v) is 7.10. The van der Waals surface area contributed by atoms with Crippen molar-refractivity contribution < 1.29 is 9.59 Å². The average Bonchev–Trinajstić information content (AvgIpc) is 3.08. The van der Waals surface area contributed by atoms with Crippen LogP contribution in [0.1, 0.15) is 44.7 Å². The maximum absolute atomic E-state index is 12.8. The molecule has 1 aliphatic rings. The fourth-order valence-corrected chi connectivity index (χ4v) is 3.37. The minimum Gasteiger partial charge on any atom is -0.352 e. The van der Waals surface area contributed by atoms with E-state index in [1.807, 2.05) is 36.9 Å². The molecule has 0 spiro atoms. The fourth-order valence-electron chi connectivity index (χ4n) is 3.37. The summed E-state index contributed by atoms with van der Waals surface area (Å²) in [6.07, 6.45) is 5.09. The first-order valence-corrected chi connectivity index (χ1v) is 9.08. The van der Waals surface area contributed by atoms with Crippen LogP contribution in [-0.2, 0) is 7.05 Å². The molecule has 6 nitrogen and oxygen atoms in total. The molecule has 0 atom stereocenters. The highest BCUT2D eigenvalue weighted by atomic mass is 16.2. The van der Waals surface area contributed by atoms with Crippen LogP contribution in [0.4, 0.5) is 0 Å². The summed E-state index contributed by atoms with van der Waals surface area (Å²) in [6, 6.07) is 5.88. The molecule has 0 aliphatic carbocycles. The van der Waals surface area contributed by atoms with E-state index in [9.17, 15) is 9.59 Å². The molecule has 1 aliphatic heterocycles. The third kappa shape index (κ3) is 3.95. The summed E-state index contributed by atoms with van der Waals surface area (Å²) >= 11 is 0. The number of carbonyl (C=O) groups excluding carboxylic acids is 2. The molecule has 0 bridgehead atoms. The molecule has 1 N–H and O–H groups in total. The van der Waals surface area contributed by atoms with Crippen molar-refractivity contribution in [3.8, 4) is 0 Å². The molecule has 1 aromatic heterocycles. The SMILES string of the molecule is Cc1cccc(C(=O)N2CCC(CNC(=O)c3cnn(C)c3)CC2)c1C. The smallest absolute Gasteiger partial charge is 0.254 e. The summed E-state index contributed by atoms with van der Waals surface area (Å²) in [7, 11) is 1.79. The van der Waals surface area contributed by atoms with Gasteiger partial charge in [0.05, 0.1) is 11.8 Å². The van der Waals surface area contributed by atoms with Gasteiger partial charge >= 0.3 is 0 Å². The summed E-state index contributed by atoms with van der Waals surface area (Å²) in [5.41, 5.74) is 3.58. The maximum atomic E-state index is 12.8. The Hall–Kier alpha value is -2.63. The largest absolute Gasteiger partial charge is 0.352 e. The van der Waals surface area contributed by atoms with Gasteiger partial charge in [0.25, 0.3) is 11.8 Å². The molecule has 2 aromatic rings. The van der Waals surface area contributed by atoms with Gasteiger partial charge in [0.15, 0.2) is 0 Å². The van der Waals surface area contributed by atoms with Gasteiger partial charge in [-0.3, -0.25) is 14.3 Å². The highest BCUT2D eigenvalue weighted by Gasteiger charge is 2.25.